The molecule has 9 heteroatoms. The quantitative estimate of drug-likeness (QED) is 0.771. The van der Waals surface area contributed by atoms with Crippen LogP contribution in [0, 0.1) is 6.92 Å². The first-order chi connectivity index (χ1) is 11.7. The van der Waals surface area contributed by atoms with E-state index in [0.29, 0.717) is 16.3 Å². The molecule has 0 aliphatic carbocycles. The molecule has 8 nitrogen and oxygen atoms in total. The normalized spacial score (nSPS) is 14.5. The minimum Gasteiger partial charge on any atom is -0.355 e. The third kappa shape index (κ3) is 2.71. The number of aromatic nitrogens is 5. The standard InChI is InChI=1S/C15H17N7OS/c1-10-14(24-9-17-10)15(23)16-8-13-19-18-11-4-5-12(20-22(11)13)21-6-2-3-7-21/h4-5,9H,2-3,6-8H2,1H3,(H,16,23). The molecule has 3 aromatic rings. The van der Waals surface area contributed by atoms with Crippen LogP contribution in [-0.4, -0.2) is 43.8 Å². The van der Waals surface area contributed by atoms with Crippen LogP contribution in [0.15, 0.2) is 17.6 Å². The number of fused-ring (bicyclic) bond motifs is 1. The van der Waals surface area contributed by atoms with Gasteiger partial charge in [-0.1, -0.05) is 0 Å². The molecule has 1 amide bonds. The molecule has 0 aromatic carbocycles. The second-order valence-corrected chi connectivity index (χ2v) is 6.58. The summed E-state index contributed by atoms with van der Waals surface area (Å²) in [5, 5.41) is 15.8. The number of hydrogen-bond acceptors (Lipinski definition) is 7. The number of carbonyl (C=O) groups is 1. The van der Waals surface area contributed by atoms with Crippen LogP contribution in [0.25, 0.3) is 5.65 Å². The predicted molar refractivity (Wildman–Crippen MR) is 90.3 cm³/mol. The fourth-order valence-electron chi connectivity index (χ4n) is 2.81. The zero-order valence-corrected chi connectivity index (χ0v) is 14.1. The maximum absolute atomic E-state index is 12.2. The van der Waals surface area contributed by atoms with Gasteiger partial charge in [-0.3, -0.25) is 4.79 Å². The lowest BCUT2D eigenvalue weighted by Crippen LogP contribution is -2.24. The Labute approximate surface area is 142 Å². The first kappa shape index (κ1) is 15.0. The number of hydrogen-bond donors (Lipinski definition) is 1. The minimum absolute atomic E-state index is 0.151. The Balaban J connectivity index is 1.54. The van der Waals surface area contributed by atoms with Crippen molar-refractivity contribution in [3.63, 3.8) is 0 Å². The Morgan fingerprint density at radius 1 is 1.29 bits per heavy atom. The van der Waals surface area contributed by atoms with Gasteiger partial charge in [-0.05, 0) is 31.9 Å². The largest absolute Gasteiger partial charge is 0.355 e. The average molecular weight is 343 g/mol. The summed E-state index contributed by atoms with van der Waals surface area (Å²) in [7, 11) is 0. The Hall–Kier alpha value is -2.55. The lowest BCUT2D eigenvalue weighted by atomic mass is 10.4. The third-order valence-electron chi connectivity index (χ3n) is 4.10. The van der Waals surface area contributed by atoms with Crippen molar-refractivity contribution in [2.75, 3.05) is 18.0 Å². The van der Waals surface area contributed by atoms with Crippen molar-refractivity contribution in [1.82, 2.24) is 30.1 Å². The van der Waals surface area contributed by atoms with E-state index in [1.165, 1.54) is 24.2 Å². The van der Waals surface area contributed by atoms with Crippen molar-refractivity contribution >= 4 is 28.7 Å². The molecule has 0 unspecified atom stereocenters. The van der Waals surface area contributed by atoms with Gasteiger partial charge in [0.1, 0.15) is 10.7 Å². The molecule has 3 aromatic heterocycles. The molecule has 1 saturated heterocycles. The summed E-state index contributed by atoms with van der Waals surface area (Å²) >= 11 is 1.33. The molecule has 24 heavy (non-hydrogen) atoms. The van der Waals surface area contributed by atoms with Gasteiger partial charge in [0.25, 0.3) is 5.91 Å². The molecule has 0 atom stereocenters. The number of rotatable bonds is 4. The highest BCUT2D eigenvalue weighted by Gasteiger charge is 2.17. The SMILES string of the molecule is Cc1ncsc1C(=O)NCc1nnc2ccc(N3CCCC3)nn12. The van der Waals surface area contributed by atoms with E-state index in [0.717, 1.165) is 24.6 Å². The molecule has 124 valence electrons. The van der Waals surface area contributed by atoms with E-state index in [1.54, 1.807) is 10.0 Å². The second-order valence-electron chi connectivity index (χ2n) is 5.72. The molecule has 0 saturated carbocycles. The molecule has 1 aliphatic heterocycles. The van der Waals surface area contributed by atoms with E-state index in [9.17, 15) is 4.79 Å². The molecule has 0 radical (unpaired) electrons. The van der Waals surface area contributed by atoms with Crippen LogP contribution in [0.2, 0.25) is 0 Å². The van der Waals surface area contributed by atoms with Crippen molar-refractivity contribution in [3.05, 3.63) is 34.0 Å². The first-order valence-corrected chi connectivity index (χ1v) is 8.75. The summed E-state index contributed by atoms with van der Waals surface area (Å²) in [6, 6.07) is 3.88. The zero-order chi connectivity index (χ0) is 16.5. The Bertz CT molecular complexity index is 881. The smallest absolute Gasteiger partial charge is 0.263 e. The number of aryl methyl sites for hydroxylation is 1. The van der Waals surface area contributed by atoms with E-state index in [4.69, 9.17) is 0 Å². The summed E-state index contributed by atoms with van der Waals surface area (Å²) in [5.41, 5.74) is 3.08. The van der Waals surface area contributed by atoms with Crippen LogP contribution >= 0.6 is 11.3 Å². The maximum Gasteiger partial charge on any atom is 0.263 e. The predicted octanol–water partition coefficient (Wildman–Crippen LogP) is 1.42. The maximum atomic E-state index is 12.2. The van der Waals surface area contributed by atoms with Gasteiger partial charge < -0.3 is 10.2 Å². The number of anilines is 1. The van der Waals surface area contributed by atoms with E-state index >= 15 is 0 Å². The lowest BCUT2D eigenvalue weighted by Gasteiger charge is -2.15. The topological polar surface area (TPSA) is 88.3 Å². The van der Waals surface area contributed by atoms with Gasteiger partial charge in [0.15, 0.2) is 11.5 Å². The van der Waals surface area contributed by atoms with Crippen molar-refractivity contribution in [2.45, 2.75) is 26.3 Å². The van der Waals surface area contributed by atoms with Crippen LogP contribution in [0.1, 0.15) is 34.0 Å². The van der Waals surface area contributed by atoms with Gasteiger partial charge in [-0.2, -0.15) is 4.52 Å². The molecular formula is C15H17N7OS. The zero-order valence-electron chi connectivity index (χ0n) is 13.3. The highest BCUT2D eigenvalue weighted by Crippen LogP contribution is 2.18. The molecular weight excluding hydrogens is 326 g/mol. The van der Waals surface area contributed by atoms with Crippen molar-refractivity contribution < 1.29 is 4.79 Å². The lowest BCUT2D eigenvalue weighted by molar-refractivity contribution is 0.0953. The highest BCUT2D eigenvalue weighted by molar-refractivity contribution is 7.11. The van der Waals surface area contributed by atoms with Gasteiger partial charge in [-0.15, -0.1) is 26.6 Å². The molecule has 4 rings (SSSR count). The van der Waals surface area contributed by atoms with E-state index in [2.05, 4.69) is 30.5 Å². The summed E-state index contributed by atoms with van der Waals surface area (Å²) in [4.78, 5) is 19.2. The van der Waals surface area contributed by atoms with Crippen LogP contribution < -0.4 is 10.2 Å². The number of thiazole rings is 1. The van der Waals surface area contributed by atoms with Gasteiger partial charge in [-0.25, -0.2) is 4.98 Å². The van der Waals surface area contributed by atoms with Crippen LogP contribution in [0.4, 0.5) is 5.82 Å². The molecule has 1 fully saturated rings. The summed E-state index contributed by atoms with van der Waals surface area (Å²) in [6.45, 7) is 4.14. The van der Waals surface area contributed by atoms with Crippen molar-refractivity contribution in [2.24, 2.45) is 0 Å². The van der Waals surface area contributed by atoms with Gasteiger partial charge in [0.2, 0.25) is 0 Å². The van der Waals surface area contributed by atoms with E-state index in [1.807, 2.05) is 19.1 Å². The Morgan fingerprint density at radius 2 is 2.12 bits per heavy atom. The Kier molecular flexibility index (Phi) is 3.85. The van der Waals surface area contributed by atoms with Crippen LogP contribution in [0.5, 0.6) is 0 Å². The highest BCUT2D eigenvalue weighted by atomic mass is 32.1. The number of carbonyl (C=O) groups excluding carboxylic acids is 1. The molecule has 0 spiro atoms. The molecule has 1 aliphatic rings. The fourth-order valence-corrected chi connectivity index (χ4v) is 3.53. The molecule has 4 heterocycles. The second kappa shape index (κ2) is 6.16. The molecule has 1 N–H and O–H groups in total. The average Bonchev–Trinajstić information content (AvgIpc) is 3.33. The van der Waals surface area contributed by atoms with Gasteiger partial charge in [0.05, 0.1) is 17.7 Å². The van der Waals surface area contributed by atoms with Crippen molar-refractivity contribution in [3.8, 4) is 0 Å². The summed E-state index contributed by atoms with van der Waals surface area (Å²) in [6.07, 6.45) is 2.39. The number of nitrogens with zero attached hydrogens (tertiary/aromatic N) is 6. The molecule has 0 bridgehead atoms. The van der Waals surface area contributed by atoms with Crippen LogP contribution in [-0.2, 0) is 6.54 Å². The minimum atomic E-state index is -0.151. The Morgan fingerprint density at radius 3 is 2.88 bits per heavy atom. The summed E-state index contributed by atoms with van der Waals surface area (Å²) < 4.78 is 1.70. The van der Waals surface area contributed by atoms with E-state index in [-0.39, 0.29) is 12.5 Å². The van der Waals surface area contributed by atoms with Gasteiger partial charge in [0, 0.05) is 13.1 Å². The third-order valence-corrected chi connectivity index (χ3v) is 5.03. The van der Waals surface area contributed by atoms with Crippen molar-refractivity contribution in [1.29, 1.82) is 0 Å². The monoisotopic (exact) mass is 343 g/mol. The number of amides is 1. The van der Waals surface area contributed by atoms with Gasteiger partial charge >= 0.3 is 0 Å². The first-order valence-electron chi connectivity index (χ1n) is 7.87. The fraction of sp³-hybridized carbons (Fsp3) is 0.400. The van der Waals surface area contributed by atoms with Crippen LogP contribution in [0.3, 0.4) is 0 Å². The number of nitrogens with one attached hydrogen (secondary N) is 1. The van der Waals surface area contributed by atoms with E-state index < -0.39 is 0 Å². The summed E-state index contributed by atoms with van der Waals surface area (Å²) in [5.74, 6) is 1.38.